The zero-order valence-electron chi connectivity index (χ0n) is 14.1. The van der Waals surface area contributed by atoms with Crippen LogP contribution < -0.4 is 0 Å². The van der Waals surface area contributed by atoms with E-state index in [2.05, 4.69) is 4.98 Å². The number of thioether (sulfide) groups is 1. The van der Waals surface area contributed by atoms with Crippen LogP contribution in [0.2, 0.25) is 0 Å². The first-order chi connectivity index (χ1) is 11.2. The van der Waals surface area contributed by atoms with Crippen molar-refractivity contribution in [3.8, 4) is 5.69 Å². The first-order valence-electron chi connectivity index (χ1n) is 7.35. The molecule has 1 aromatic carbocycles. The molecule has 1 amide bonds. The minimum absolute atomic E-state index is 0.0561. The summed E-state index contributed by atoms with van der Waals surface area (Å²) in [6, 6.07) is 6.80. The summed E-state index contributed by atoms with van der Waals surface area (Å²) in [5, 5.41) is 0.868. The van der Waals surface area contributed by atoms with Gasteiger partial charge in [0.05, 0.1) is 5.75 Å². The van der Waals surface area contributed by atoms with E-state index in [1.54, 1.807) is 44.1 Å². The van der Waals surface area contributed by atoms with Gasteiger partial charge in [0.1, 0.15) is 9.84 Å². The molecule has 1 atom stereocenters. The number of carbonyl (C=O) groups excluding carboxylic acids is 1. The molecule has 8 heteroatoms. The number of carbonyl (C=O) groups is 1. The summed E-state index contributed by atoms with van der Waals surface area (Å²) >= 11 is 1.54. The molecule has 2 rings (SSSR count). The fourth-order valence-corrected chi connectivity index (χ4v) is 3.98. The van der Waals surface area contributed by atoms with E-state index in [0.717, 1.165) is 10.8 Å². The van der Waals surface area contributed by atoms with Crippen molar-refractivity contribution in [1.29, 1.82) is 0 Å². The van der Waals surface area contributed by atoms with E-state index in [0.29, 0.717) is 5.56 Å². The third kappa shape index (κ3) is 4.39. The molecular weight excluding hydrogens is 346 g/mol. The minimum Gasteiger partial charge on any atom is -0.338 e. The standard InChI is InChI=1S/C16H21N3O3S2/c1-12(11-24(4,21)22)18(2)15(20)13-5-7-14(8-6-13)19-10-9-17-16(19)23-3/h5-10,12H,11H2,1-4H3. The van der Waals surface area contributed by atoms with Gasteiger partial charge in [0.25, 0.3) is 5.91 Å². The smallest absolute Gasteiger partial charge is 0.253 e. The van der Waals surface area contributed by atoms with Gasteiger partial charge in [-0.2, -0.15) is 0 Å². The lowest BCUT2D eigenvalue weighted by atomic mass is 10.1. The average molecular weight is 367 g/mol. The second-order valence-electron chi connectivity index (χ2n) is 5.69. The number of imidazole rings is 1. The summed E-state index contributed by atoms with van der Waals surface area (Å²) in [6.07, 6.45) is 6.72. The molecule has 6 nitrogen and oxygen atoms in total. The number of rotatable bonds is 6. The molecule has 0 aliphatic heterocycles. The van der Waals surface area contributed by atoms with Crippen LogP contribution in [0, 0.1) is 0 Å². The summed E-state index contributed by atoms with van der Waals surface area (Å²) in [5.41, 5.74) is 1.44. The summed E-state index contributed by atoms with van der Waals surface area (Å²) in [5.74, 6) is -0.257. The van der Waals surface area contributed by atoms with Gasteiger partial charge >= 0.3 is 0 Å². The topological polar surface area (TPSA) is 72.3 Å². The number of sulfone groups is 1. The number of hydrogen-bond donors (Lipinski definition) is 0. The van der Waals surface area contributed by atoms with Gasteiger partial charge in [-0.3, -0.25) is 9.36 Å². The molecule has 0 radical (unpaired) electrons. The Kier molecular flexibility index (Phi) is 5.71. The predicted molar refractivity (Wildman–Crippen MR) is 96.6 cm³/mol. The Hall–Kier alpha value is -1.80. The molecule has 0 aliphatic rings. The maximum atomic E-state index is 12.5. The highest BCUT2D eigenvalue weighted by Crippen LogP contribution is 2.19. The second-order valence-corrected chi connectivity index (χ2v) is 8.65. The zero-order chi connectivity index (χ0) is 17.9. The van der Waals surface area contributed by atoms with E-state index < -0.39 is 9.84 Å². The van der Waals surface area contributed by atoms with Crippen molar-refractivity contribution >= 4 is 27.5 Å². The molecule has 1 unspecified atom stereocenters. The van der Waals surface area contributed by atoms with Crippen LogP contribution in [-0.2, 0) is 9.84 Å². The van der Waals surface area contributed by atoms with Crippen LogP contribution in [0.1, 0.15) is 17.3 Å². The van der Waals surface area contributed by atoms with Crippen LogP contribution >= 0.6 is 11.8 Å². The van der Waals surface area contributed by atoms with Crippen molar-refractivity contribution < 1.29 is 13.2 Å². The van der Waals surface area contributed by atoms with Crippen LogP contribution in [-0.4, -0.2) is 60.1 Å². The number of aromatic nitrogens is 2. The molecule has 130 valence electrons. The predicted octanol–water partition coefficient (Wildman–Crippen LogP) is 2.10. The van der Waals surface area contributed by atoms with E-state index >= 15 is 0 Å². The Bertz CT molecular complexity index is 813. The first kappa shape index (κ1) is 18.5. The van der Waals surface area contributed by atoms with Crippen LogP contribution in [0.5, 0.6) is 0 Å². The van der Waals surface area contributed by atoms with Gasteiger partial charge in [0.15, 0.2) is 5.16 Å². The van der Waals surface area contributed by atoms with Crippen LogP contribution in [0.15, 0.2) is 41.8 Å². The van der Waals surface area contributed by atoms with Gasteiger partial charge in [0, 0.05) is 43.0 Å². The van der Waals surface area contributed by atoms with Crippen molar-refractivity contribution in [1.82, 2.24) is 14.5 Å². The Morgan fingerprint density at radius 1 is 1.33 bits per heavy atom. The fourth-order valence-electron chi connectivity index (χ4n) is 2.36. The summed E-state index contributed by atoms with van der Waals surface area (Å²) in [4.78, 5) is 18.2. The van der Waals surface area contributed by atoms with E-state index in [-0.39, 0.29) is 17.7 Å². The highest BCUT2D eigenvalue weighted by Gasteiger charge is 2.21. The Morgan fingerprint density at radius 2 is 1.96 bits per heavy atom. The second kappa shape index (κ2) is 7.40. The van der Waals surface area contributed by atoms with Crippen molar-refractivity contribution in [2.24, 2.45) is 0 Å². The normalized spacial score (nSPS) is 12.8. The lowest BCUT2D eigenvalue weighted by Gasteiger charge is -2.24. The maximum absolute atomic E-state index is 12.5. The van der Waals surface area contributed by atoms with Crippen molar-refractivity contribution in [3.05, 3.63) is 42.2 Å². The van der Waals surface area contributed by atoms with E-state index in [1.165, 1.54) is 11.2 Å². The quantitative estimate of drug-likeness (QED) is 0.731. The minimum atomic E-state index is -3.13. The number of benzene rings is 1. The lowest BCUT2D eigenvalue weighted by Crippen LogP contribution is -2.39. The molecule has 0 saturated carbocycles. The van der Waals surface area contributed by atoms with Crippen LogP contribution in [0.25, 0.3) is 5.69 Å². The fraction of sp³-hybridized carbons (Fsp3) is 0.375. The highest BCUT2D eigenvalue weighted by atomic mass is 32.2. The molecule has 0 aliphatic carbocycles. The maximum Gasteiger partial charge on any atom is 0.253 e. The third-order valence-electron chi connectivity index (χ3n) is 3.71. The van der Waals surface area contributed by atoms with Crippen LogP contribution in [0.3, 0.4) is 0 Å². The first-order valence-corrected chi connectivity index (χ1v) is 10.6. The van der Waals surface area contributed by atoms with Crippen molar-refractivity contribution in [2.75, 3.05) is 25.3 Å². The third-order valence-corrected chi connectivity index (χ3v) is 5.46. The van der Waals surface area contributed by atoms with E-state index in [4.69, 9.17) is 0 Å². The number of amides is 1. The molecule has 0 bridgehead atoms. The van der Waals surface area contributed by atoms with Crippen LogP contribution in [0.4, 0.5) is 0 Å². The van der Waals surface area contributed by atoms with Gasteiger partial charge in [0.2, 0.25) is 0 Å². The number of nitrogens with zero attached hydrogens (tertiary/aromatic N) is 3. The molecule has 2 aromatic rings. The van der Waals surface area contributed by atoms with Crippen molar-refractivity contribution in [3.63, 3.8) is 0 Å². The molecule has 1 heterocycles. The van der Waals surface area contributed by atoms with E-state index in [1.807, 2.05) is 29.2 Å². The largest absolute Gasteiger partial charge is 0.338 e. The van der Waals surface area contributed by atoms with Gasteiger partial charge in [-0.1, -0.05) is 11.8 Å². The van der Waals surface area contributed by atoms with Gasteiger partial charge < -0.3 is 4.90 Å². The Morgan fingerprint density at radius 3 is 2.50 bits per heavy atom. The molecule has 0 spiro atoms. The highest BCUT2D eigenvalue weighted by molar-refractivity contribution is 7.98. The monoisotopic (exact) mass is 367 g/mol. The molecule has 0 N–H and O–H groups in total. The summed E-state index contributed by atoms with van der Waals surface area (Å²) in [7, 11) is -1.52. The van der Waals surface area contributed by atoms with Gasteiger partial charge in [-0.25, -0.2) is 13.4 Å². The number of hydrogen-bond acceptors (Lipinski definition) is 5. The van der Waals surface area contributed by atoms with Gasteiger partial charge in [-0.15, -0.1) is 0 Å². The van der Waals surface area contributed by atoms with Crippen molar-refractivity contribution in [2.45, 2.75) is 18.1 Å². The Labute approximate surface area is 146 Å². The average Bonchev–Trinajstić information content (AvgIpc) is 3.00. The molecule has 0 fully saturated rings. The Balaban J connectivity index is 2.17. The summed E-state index contributed by atoms with van der Waals surface area (Å²) in [6.45, 7) is 1.73. The summed E-state index contributed by atoms with van der Waals surface area (Å²) < 4.78 is 24.7. The molecule has 1 aromatic heterocycles. The zero-order valence-corrected chi connectivity index (χ0v) is 15.8. The molecule has 0 saturated heterocycles. The van der Waals surface area contributed by atoms with Gasteiger partial charge in [-0.05, 0) is 37.4 Å². The van der Waals surface area contributed by atoms with E-state index in [9.17, 15) is 13.2 Å². The SMILES string of the molecule is CSc1nccn1-c1ccc(C(=O)N(C)C(C)CS(C)(=O)=O)cc1. The molecule has 24 heavy (non-hydrogen) atoms. The molecular formula is C16H21N3O3S2. The lowest BCUT2D eigenvalue weighted by molar-refractivity contribution is 0.0757.